The fraction of sp³-hybridized carbons (Fsp3) is 0.333. The van der Waals surface area contributed by atoms with E-state index in [0.29, 0.717) is 19.7 Å². The smallest absolute Gasteiger partial charge is 0.246 e. The molecule has 1 atom stereocenters. The monoisotopic (exact) mass is 311 g/mol. The van der Waals surface area contributed by atoms with Gasteiger partial charge in [0, 0.05) is 25.4 Å². The van der Waals surface area contributed by atoms with Crippen LogP contribution in [-0.4, -0.2) is 40.3 Å². The summed E-state index contributed by atoms with van der Waals surface area (Å²) >= 11 is 0. The molecule has 0 unspecified atom stereocenters. The van der Waals surface area contributed by atoms with Crippen molar-refractivity contribution in [2.45, 2.75) is 13.0 Å². The number of aryl methyl sites for hydroxylation is 2. The largest absolute Gasteiger partial charge is 0.370 e. The Kier molecular flexibility index (Phi) is 4.30. The summed E-state index contributed by atoms with van der Waals surface area (Å²) < 4.78 is 7.64. The average molecular weight is 311 g/mol. The number of rotatable bonds is 3. The van der Waals surface area contributed by atoms with Crippen LogP contribution >= 0.6 is 0 Å². The highest BCUT2D eigenvalue weighted by Crippen LogP contribution is 2.27. The number of morpholine rings is 1. The summed E-state index contributed by atoms with van der Waals surface area (Å²) in [5.41, 5.74) is 4.36. The number of benzene rings is 1. The normalized spacial score (nSPS) is 18.0. The van der Waals surface area contributed by atoms with Gasteiger partial charge in [0.05, 0.1) is 18.8 Å². The molecule has 1 aliphatic heterocycles. The molecule has 2 heterocycles. The van der Waals surface area contributed by atoms with Gasteiger partial charge in [0.2, 0.25) is 5.91 Å². The maximum atomic E-state index is 11.8. The first-order valence-electron chi connectivity index (χ1n) is 7.72. The number of hydrogen-bond donors (Lipinski definition) is 0. The maximum Gasteiger partial charge on any atom is 0.246 e. The minimum atomic E-state index is -0.0864. The van der Waals surface area contributed by atoms with E-state index in [2.05, 4.69) is 35.9 Å². The molecule has 1 aromatic heterocycles. The van der Waals surface area contributed by atoms with Gasteiger partial charge in [0.25, 0.3) is 0 Å². The highest BCUT2D eigenvalue weighted by molar-refractivity contribution is 5.87. The highest BCUT2D eigenvalue weighted by Gasteiger charge is 2.24. The fourth-order valence-electron chi connectivity index (χ4n) is 2.94. The summed E-state index contributed by atoms with van der Waals surface area (Å²) in [5, 5.41) is 4.38. The lowest BCUT2D eigenvalue weighted by molar-refractivity contribution is -0.133. The van der Waals surface area contributed by atoms with Gasteiger partial charge in [-0.05, 0) is 24.1 Å². The van der Waals surface area contributed by atoms with Gasteiger partial charge >= 0.3 is 0 Å². The molecular formula is C18H21N3O2. The summed E-state index contributed by atoms with van der Waals surface area (Å²) in [6, 6.07) is 8.29. The van der Waals surface area contributed by atoms with Gasteiger partial charge in [0.1, 0.15) is 6.10 Å². The van der Waals surface area contributed by atoms with Crippen molar-refractivity contribution < 1.29 is 9.53 Å². The van der Waals surface area contributed by atoms with Crippen LogP contribution in [0.25, 0.3) is 11.1 Å². The first-order valence-corrected chi connectivity index (χ1v) is 7.72. The lowest BCUT2D eigenvalue weighted by Gasteiger charge is -2.32. The second-order valence-corrected chi connectivity index (χ2v) is 5.77. The van der Waals surface area contributed by atoms with Crippen molar-refractivity contribution in [3.05, 3.63) is 54.4 Å². The van der Waals surface area contributed by atoms with Crippen LogP contribution < -0.4 is 0 Å². The number of carbonyl (C=O) groups excluding carboxylic acids is 1. The van der Waals surface area contributed by atoms with Gasteiger partial charge in [-0.25, -0.2) is 0 Å². The van der Waals surface area contributed by atoms with Crippen LogP contribution in [0.5, 0.6) is 0 Å². The van der Waals surface area contributed by atoms with Crippen LogP contribution in [0, 0.1) is 6.92 Å². The summed E-state index contributed by atoms with van der Waals surface area (Å²) in [6.45, 7) is 7.29. The van der Waals surface area contributed by atoms with Gasteiger partial charge in [-0.3, -0.25) is 9.48 Å². The van der Waals surface area contributed by atoms with Gasteiger partial charge < -0.3 is 9.64 Å². The van der Waals surface area contributed by atoms with E-state index in [1.165, 1.54) is 6.08 Å². The van der Waals surface area contributed by atoms with E-state index in [9.17, 15) is 4.79 Å². The Morgan fingerprint density at radius 2 is 2.13 bits per heavy atom. The molecule has 1 fully saturated rings. The quantitative estimate of drug-likeness (QED) is 0.818. The minimum Gasteiger partial charge on any atom is -0.370 e. The Morgan fingerprint density at radius 3 is 2.74 bits per heavy atom. The fourth-order valence-corrected chi connectivity index (χ4v) is 2.94. The Labute approximate surface area is 136 Å². The molecular weight excluding hydrogens is 290 g/mol. The van der Waals surface area contributed by atoms with E-state index in [-0.39, 0.29) is 12.0 Å². The van der Waals surface area contributed by atoms with E-state index in [4.69, 9.17) is 4.74 Å². The molecule has 23 heavy (non-hydrogen) atoms. The highest BCUT2D eigenvalue weighted by atomic mass is 16.5. The van der Waals surface area contributed by atoms with Crippen LogP contribution in [0.2, 0.25) is 0 Å². The third kappa shape index (κ3) is 3.19. The minimum absolute atomic E-state index is 0.0408. The summed E-state index contributed by atoms with van der Waals surface area (Å²) in [4.78, 5) is 13.5. The van der Waals surface area contributed by atoms with Crippen LogP contribution in [0.1, 0.15) is 17.4 Å². The number of hydrogen-bond acceptors (Lipinski definition) is 3. The van der Waals surface area contributed by atoms with Crippen molar-refractivity contribution in [2.75, 3.05) is 19.7 Å². The van der Waals surface area contributed by atoms with Crippen molar-refractivity contribution in [1.82, 2.24) is 14.7 Å². The zero-order chi connectivity index (χ0) is 16.4. The summed E-state index contributed by atoms with van der Waals surface area (Å²) in [7, 11) is 1.92. The molecule has 0 radical (unpaired) electrons. The van der Waals surface area contributed by atoms with Gasteiger partial charge in [-0.2, -0.15) is 5.10 Å². The molecule has 120 valence electrons. The topological polar surface area (TPSA) is 47.4 Å². The molecule has 2 aromatic rings. The van der Waals surface area contributed by atoms with E-state index in [0.717, 1.165) is 22.4 Å². The van der Waals surface area contributed by atoms with Crippen molar-refractivity contribution in [1.29, 1.82) is 0 Å². The molecule has 0 N–H and O–H groups in total. The molecule has 5 nitrogen and oxygen atoms in total. The Bertz CT molecular complexity index is 718. The van der Waals surface area contributed by atoms with Crippen molar-refractivity contribution in [3.63, 3.8) is 0 Å². The zero-order valence-corrected chi connectivity index (χ0v) is 13.5. The molecule has 1 amide bonds. The average Bonchev–Trinajstić information content (AvgIpc) is 2.93. The van der Waals surface area contributed by atoms with E-state index < -0.39 is 0 Å². The first-order chi connectivity index (χ1) is 11.1. The molecule has 0 bridgehead atoms. The summed E-state index contributed by atoms with van der Waals surface area (Å²) in [6.07, 6.45) is 3.29. The Hall–Kier alpha value is -2.40. The van der Waals surface area contributed by atoms with Gasteiger partial charge in [0.15, 0.2) is 0 Å². The molecule has 0 spiro atoms. The molecule has 0 aliphatic carbocycles. The standard InChI is InChI=1S/C18H21N3O2/c1-4-18(22)21-9-10-23-17(12-21)15-7-5-14(6-8-15)16-11-20(3)19-13(16)2/h4-8,11,17H,1,9-10,12H2,2-3H3/t17-/m0/s1. The number of aromatic nitrogens is 2. The molecule has 1 saturated heterocycles. The number of ether oxygens (including phenoxy) is 1. The van der Waals surface area contributed by atoms with Gasteiger partial charge in [-0.1, -0.05) is 30.8 Å². The number of carbonyl (C=O) groups is 1. The molecule has 3 rings (SSSR count). The van der Waals surface area contributed by atoms with Crippen LogP contribution in [0.3, 0.4) is 0 Å². The van der Waals surface area contributed by atoms with Gasteiger partial charge in [-0.15, -0.1) is 0 Å². The second kappa shape index (κ2) is 6.38. The van der Waals surface area contributed by atoms with Crippen LogP contribution in [0.15, 0.2) is 43.1 Å². The maximum absolute atomic E-state index is 11.8. The molecule has 5 heteroatoms. The zero-order valence-electron chi connectivity index (χ0n) is 13.5. The third-order valence-electron chi connectivity index (χ3n) is 4.16. The lowest BCUT2D eigenvalue weighted by atomic mass is 10.0. The molecule has 0 saturated carbocycles. The van der Waals surface area contributed by atoms with Crippen molar-refractivity contribution >= 4 is 5.91 Å². The Morgan fingerprint density at radius 1 is 1.39 bits per heavy atom. The molecule has 1 aromatic carbocycles. The predicted molar refractivity (Wildman–Crippen MR) is 88.9 cm³/mol. The van der Waals surface area contributed by atoms with E-state index >= 15 is 0 Å². The number of amides is 1. The van der Waals surface area contributed by atoms with E-state index in [1.54, 1.807) is 4.90 Å². The third-order valence-corrected chi connectivity index (χ3v) is 4.16. The predicted octanol–water partition coefficient (Wildman–Crippen LogP) is 2.48. The van der Waals surface area contributed by atoms with E-state index in [1.807, 2.05) is 24.9 Å². The summed E-state index contributed by atoms with van der Waals surface area (Å²) in [5.74, 6) is -0.0408. The number of nitrogens with zero attached hydrogens (tertiary/aromatic N) is 3. The lowest BCUT2D eigenvalue weighted by Crippen LogP contribution is -2.41. The Balaban J connectivity index is 1.78. The van der Waals surface area contributed by atoms with Crippen molar-refractivity contribution in [3.8, 4) is 11.1 Å². The second-order valence-electron chi connectivity index (χ2n) is 5.77. The van der Waals surface area contributed by atoms with Crippen molar-refractivity contribution in [2.24, 2.45) is 7.05 Å². The SMILES string of the molecule is C=CC(=O)N1CCO[C@H](c2ccc(-c3cn(C)nc3C)cc2)C1. The molecule has 1 aliphatic rings. The first kappa shape index (κ1) is 15.5. The van der Waals surface area contributed by atoms with Crippen LogP contribution in [0.4, 0.5) is 0 Å². The van der Waals surface area contributed by atoms with Crippen LogP contribution in [-0.2, 0) is 16.6 Å².